The Morgan fingerprint density at radius 3 is 2.27 bits per heavy atom. The fourth-order valence-electron chi connectivity index (χ4n) is 6.61. The zero-order chi connectivity index (χ0) is 29.7. The number of furan rings is 1. The molecule has 8 aromatic rings. The van der Waals surface area contributed by atoms with Crippen molar-refractivity contribution in [1.82, 2.24) is 15.6 Å². The standard InChI is InChI=1S/C40H28N4O/c1-2-11-26(12-3-1)33-24-30(23-28-14-6-7-15-31(28)33)39-42-38(29-20-19-25-10-4-5-13-27(25)22-29)43-40(44-39)32-16-8-17-34-36(32)37-35(45-34)18-9-21-41-37/h1-24,38-39,42H,(H,43,44). The molecule has 45 heavy (non-hydrogen) atoms. The molecule has 6 aromatic carbocycles. The van der Waals surface area contributed by atoms with Gasteiger partial charge in [0.05, 0.1) is 5.39 Å². The van der Waals surface area contributed by atoms with E-state index in [1.165, 1.54) is 32.7 Å². The molecule has 0 amide bonds. The van der Waals surface area contributed by atoms with Crippen molar-refractivity contribution in [3.8, 4) is 11.1 Å². The molecule has 0 saturated carbocycles. The van der Waals surface area contributed by atoms with Crippen LogP contribution in [0.15, 0.2) is 155 Å². The third kappa shape index (κ3) is 4.44. The normalized spacial score (nSPS) is 16.7. The Morgan fingerprint density at radius 2 is 1.36 bits per heavy atom. The lowest BCUT2D eigenvalue weighted by molar-refractivity contribution is 0.409. The fourth-order valence-corrected chi connectivity index (χ4v) is 6.61. The van der Waals surface area contributed by atoms with Crippen LogP contribution in [0.4, 0.5) is 0 Å². The van der Waals surface area contributed by atoms with E-state index < -0.39 is 0 Å². The highest BCUT2D eigenvalue weighted by Gasteiger charge is 2.28. The smallest absolute Gasteiger partial charge is 0.153 e. The molecule has 2 atom stereocenters. The highest BCUT2D eigenvalue weighted by atomic mass is 16.3. The van der Waals surface area contributed by atoms with E-state index in [2.05, 4.69) is 126 Å². The number of rotatable bonds is 4. The van der Waals surface area contributed by atoms with Gasteiger partial charge in [0, 0.05) is 11.8 Å². The molecular formula is C40H28N4O. The SMILES string of the molecule is c1ccc(-c2cc(C3N=C(c4cccc5oc6cccnc6c45)NC(c4ccc5ccccc5c4)N3)cc3ccccc23)cc1. The molecule has 2 unspecified atom stereocenters. The van der Waals surface area contributed by atoms with E-state index in [0.717, 1.165) is 44.6 Å². The number of hydrogen-bond donors (Lipinski definition) is 2. The van der Waals surface area contributed by atoms with Gasteiger partial charge in [-0.15, -0.1) is 0 Å². The van der Waals surface area contributed by atoms with Gasteiger partial charge in [-0.05, 0) is 80.2 Å². The zero-order valence-electron chi connectivity index (χ0n) is 24.3. The number of fused-ring (bicyclic) bond motifs is 5. The van der Waals surface area contributed by atoms with E-state index in [1.54, 1.807) is 0 Å². The molecule has 0 fully saturated rings. The Bertz CT molecular complexity index is 2410. The summed E-state index contributed by atoms with van der Waals surface area (Å²) in [7, 11) is 0. The van der Waals surface area contributed by atoms with Gasteiger partial charge in [0.25, 0.3) is 0 Å². The van der Waals surface area contributed by atoms with Gasteiger partial charge in [0.1, 0.15) is 29.3 Å². The molecule has 1 aliphatic heterocycles. The minimum atomic E-state index is -0.314. The first-order chi connectivity index (χ1) is 22.3. The second kappa shape index (κ2) is 10.4. The number of nitrogens with zero attached hydrogens (tertiary/aromatic N) is 2. The van der Waals surface area contributed by atoms with Crippen molar-refractivity contribution in [3.05, 3.63) is 162 Å². The average molecular weight is 581 g/mol. The van der Waals surface area contributed by atoms with Gasteiger partial charge in [-0.25, -0.2) is 4.99 Å². The highest BCUT2D eigenvalue weighted by Crippen LogP contribution is 2.36. The van der Waals surface area contributed by atoms with E-state index in [0.29, 0.717) is 0 Å². The molecule has 5 nitrogen and oxygen atoms in total. The van der Waals surface area contributed by atoms with E-state index >= 15 is 0 Å². The average Bonchev–Trinajstić information content (AvgIpc) is 3.50. The predicted octanol–water partition coefficient (Wildman–Crippen LogP) is 9.29. The molecule has 0 bridgehead atoms. The van der Waals surface area contributed by atoms with Crippen molar-refractivity contribution in [2.45, 2.75) is 12.3 Å². The molecule has 5 heteroatoms. The summed E-state index contributed by atoms with van der Waals surface area (Å²) in [5.74, 6) is 0.797. The summed E-state index contributed by atoms with van der Waals surface area (Å²) in [4.78, 5) is 10.1. The van der Waals surface area contributed by atoms with E-state index in [1.807, 2.05) is 30.5 Å². The van der Waals surface area contributed by atoms with E-state index in [9.17, 15) is 0 Å². The second-order valence-corrected chi connectivity index (χ2v) is 11.5. The largest absolute Gasteiger partial charge is 0.454 e. The van der Waals surface area contributed by atoms with Crippen LogP contribution in [-0.4, -0.2) is 10.8 Å². The Kier molecular flexibility index (Phi) is 5.96. The van der Waals surface area contributed by atoms with Crippen molar-refractivity contribution in [3.63, 3.8) is 0 Å². The minimum absolute atomic E-state index is 0.194. The first-order valence-corrected chi connectivity index (χ1v) is 15.2. The van der Waals surface area contributed by atoms with Crippen LogP contribution in [0.3, 0.4) is 0 Å². The van der Waals surface area contributed by atoms with Crippen LogP contribution in [0.2, 0.25) is 0 Å². The molecule has 0 aliphatic carbocycles. The molecule has 214 valence electrons. The van der Waals surface area contributed by atoms with Crippen LogP contribution in [0.5, 0.6) is 0 Å². The first kappa shape index (κ1) is 25.7. The Morgan fingerprint density at radius 1 is 0.578 bits per heavy atom. The first-order valence-electron chi connectivity index (χ1n) is 15.2. The van der Waals surface area contributed by atoms with Gasteiger partial charge in [0.15, 0.2) is 5.58 Å². The molecule has 0 radical (unpaired) electrons. The highest BCUT2D eigenvalue weighted by molar-refractivity contribution is 6.17. The summed E-state index contributed by atoms with van der Waals surface area (Å²) in [6.07, 6.45) is 1.30. The third-order valence-corrected chi connectivity index (χ3v) is 8.76. The number of hydrogen-bond acceptors (Lipinski definition) is 5. The minimum Gasteiger partial charge on any atom is -0.454 e. The quantitative estimate of drug-likeness (QED) is 0.218. The van der Waals surface area contributed by atoms with Gasteiger partial charge >= 0.3 is 0 Å². The van der Waals surface area contributed by atoms with Crippen LogP contribution < -0.4 is 10.6 Å². The monoisotopic (exact) mass is 580 g/mol. The van der Waals surface area contributed by atoms with Crippen LogP contribution >= 0.6 is 0 Å². The Hall–Kier alpha value is -5.78. The van der Waals surface area contributed by atoms with Crippen molar-refractivity contribution in [2.75, 3.05) is 0 Å². The Labute approximate surface area is 259 Å². The van der Waals surface area contributed by atoms with Gasteiger partial charge in [-0.3, -0.25) is 10.3 Å². The topological polar surface area (TPSA) is 62.5 Å². The summed E-state index contributed by atoms with van der Waals surface area (Å²) in [6.45, 7) is 0. The lowest BCUT2D eigenvalue weighted by Crippen LogP contribution is -2.45. The summed E-state index contributed by atoms with van der Waals surface area (Å²) in [5, 5.41) is 13.4. The summed E-state index contributed by atoms with van der Waals surface area (Å²) in [6, 6.07) is 48.8. The molecule has 0 saturated heterocycles. The Balaban J connectivity index is 1.25. The maximum atomic E-state index is 6.21. The number of nitrogens with one attached hydrogen (secondary N) is 2. The number of aromatic nitrogens is 1. The molecule has 2 aromatic heterocycles. The van der Waals surface area contributed by atoms with Gasteiger partial charge in [-0.1, -0.05) is 103 Å². The number of amidine groups is 1. The third-order valence-electron chi connectivity index (χ3n) is 8.76. The summed E-state index contributed by atoms with van der Waals surface area (Å²) in [5.41, 5.74) is 7.96. The van der Waals surface area contributed by atoms with Crippen LogP contribution in [0.1, 0.15) is 29.0 Å². The van der Waals surface area contributed by atoms with Gasteiger partial charge < -0.3 is 9.73 Å². The fraction of sp³-hybridized carbons (Fsp3) is 0.0500. The van der Waals surface area contributed by atoms with Crippen LogP contribution in [0.25, 0.3) is 54.7 Å². The molecule has 1 aliphatic rings. The number of aliphatic imine (C=N–C) groups is 1. The molecule has 9 rings (SSSR count). The van der Waals surface area contributed by atoms with Crippen molar-refractivity contribution >= 4 is 49.4 Å². The van der Waals surface area contributed by atoms with E-state index in [-0.39, 0.29) is 12.3 Å². The van der Waals surface area contributed by atoms with Gasteiger partial charge in [0.2, 0.25) is 0 Å². The van der Waals surface area contributed by atoms with Crippen molar-refractivity contribution < 1.29 is 4.42 Å². The lowest BCUT2D eigenvalue weighted by Gasteiger charge is -2.33. The van der Waals surface area contributed by atoms with Gasteiger partial charge in [-0.2, -0.15) is 0 Å². The van der Waals surface area contributed by atoms with Crippen molar-refractivity contribution in [2.24, 2.45) is 4.99 Å². The molecule has 3 heterocycles. The zero-order valence-corrected chi connectivity index (χ0v) is 24.3. The maximum Gasteiger partial charge on any atom is 0.153 e. The predicted molar refractivity (Wildman–Crippen MR) is 183 cm³/mol. The lowest BCUT2D eigenvalue weighted by atomic mass is 9.94. The second-order valence-electron chi connectivity index (χ2n) is 11.5. The molecular weight excluding hydrogens is 552 g/mol. The molecule has 0 spiro atoms. The van der Waals surface area contributed by atoms with E-state index in [4.69, 9.17) is 14.4 Å². The van der Waals surface area contributed by atoms with Crippen LogP contribution in [0, 0.1) is 0 Å². The van der Waals surface area contributed by atoms with Crippen LogP contribution in [-0.2, 0) is 0 Å². The summed E-state index contributed by atoms with van der Waals surface area (Å²) >= 11 is 0. The number of benzene rings is 6. The molecule has 2 N–H and O–H groups in total. The maximum absolute atomic E-state index is 6.21. The number of pyridine rings is 1. The summed E-state index contributed by atoms with van der Waals surface area (Å²) < 4.78 is 6.21. The van der Waals surface area contributed by atoms with Crippen molar-refractivity contribution in [1.29, 1.82) is 0 Å².